The van der Waals surface area contributed by atoms with Crippen LogP contribution in [-0.4, -0.2) is 29.6 Å². The van der Waals surface area contributed by atoms with E-state index in [2.05, 4.69) is 46.6 Å². The first-order valence-corrected chi connectivity index (χ1v) is 8.70. The SMILES string of the molecule is CCn1c(C)[n+](CC)c2ccc(C(=O)NC3CCNCC3)cc21. The molecule has 1 aliphatic heterocycles. The monoisotopic (exact) mass is 315 g/mol. The molecule has 0 aliphatic carbocycles. The molecule has 23 heavy (non-hydrogen) atoms. The van der Waals surface area contributed by atoms with Crippen molar-refractivity contribution < 1.29 is 9.36 Å². The standard InChI is InChI=1S/C18H26N4O/c1-4-21-13(3)22(5-2)17-12-14(6-7-16(17)21)18(23)20-15-8-10-19-11-9-15/h6-7,12,15,19H,4-5,8-11H2,1-3H3/p+1. The molecule has 0 radical (unpaired) electrons. The van der Waals surface area contributed by atoms with Gasteiger partial charge in [-0.2, -0.15) is 0 Å². The third kappa shape index (κ3) is 2.98. The van der Waals surface area contributed by atoms with Crippen molar-refractivity contribution in [2.24, 2.45) is 0 Å². The largest absolute Gasteiger partial charge is 0.349 e. The summed E-state index contributed by atoms with van der Waals surface area (Å²) < 4.78 is 4.58. The number of carbonyl (C=O) groups excluding carboxylic acids is 1. The van der Waals surface area contributed by atoms with Gasteiger partial charge < -0.3 is 10.6 Å². The highest BCUT2D eigenvalue weighted by atomic mass is 16.1. The van der Waals surface area contributed by atoms with Crippen LogP contribution >= 0.6 is 0 Å². The predicted molar refractivity (Wildman–Crippen MR) is 91.6 cm³/mol. The smallest absolute Gasteiger partial charge is 0.254 e. The van der Waals surface area contributed by atoms with Gasteiger partial charge in [0.05, 0.1) is 13.1 Å². The summed E-state index contributed by atoms with van der Waals surface area (Å²) in [6.45, 7) is 10.3. The lowest BCUT2D eigenvalue weighted by Crippen LogP contribution is -2.42. The maximum atomic E-state index is 12.6. The van der Waals surface area contributed by atoms with Crippen molar-refractivity contribution in [2.75, 3.05) is 13.1 Å². The van der Waals surface area contributed by atoms with Crippen LogP contribution in [0.3, 0.4) is 0 Å². The Kier molecular flexibility index (Phi) is 4.66. The Labute approximate surface area is 137 Å². The molecular weight excluding hydrogens is 288 g/mol. The number of hydrogen-bond donors (Lipinski definition) is 2. The number of fused-ring (bicyclic) bond motifs is 1. The highest BCUT2D eigenvalue weighted by molar-refractivity contribution is 5.97. The van der Waals surface area contributed by atoms with E-state index in [1.54, 1.807) is 0 Å². The van der Waals surface area contributed by atoms with Gasteiger partial charge >= 0.3 is 0 Å². The van der Waals surface area contributed by atoms with Gasteiger partial charge in [-0.05, 0) is 51.9 Å². The van der Waals surface area contributed by atoms with E-state index in [-0.39, 0.29) is 5.91 Å². The first kappa shape index (κ1) is 16.0. The maximum Gasteiger partial charge on any atom is 0.254 e. The van der Waals surface area contributed by atoms with Crippen LogP contribution in [0.15, 0.2) is 18.2 Å². The molecule has 1 aromatic carbocycles. The van der Waals surface area contributed by atoms with Crippen LogP contribution in [0, 0.1) is 6.92 Å². The van der Waals surface area contributed by atoms with Crippen LogP contribution < -0.4 is 15.2 Å². The van der Waals surface area contributed by atoms with E-state index in [4.69, 9.17) is 0 Å². The second-order valence-electron chi connectivity index (χ2n) is 6.24. The number of amides is 1. The summed E-state index contributed by atoms with van der Waals surface area (Å²) in [6, 6.07) is 6.35. The van der Waals surface area contributed by atoms with Gasteiger partial charge in [0.1, 0.15) is 0 Å². The first-order valence-electron chi connectivity index (χ1n) is 8.70. The molecule has 0 unspecified atom stereocenters. The van der Waals surface area contributed by atoms with Crippen LogP contribution in [0.4, 0.5) is 0 Å². The summed E-state index contributed by atoms with van der Waals surface area (Å²) in [6.07, 6.45) is 2.02. The maximum absolute atomic E-state index is 12.6. The Morgan fingerprint density at radius 1 is 1.35 bits per heavy atom. The molecule has 1 saturated heterocycles. The lowest BCUT2D eigenvalue weighted by Gasteiger charge is -2.23. The molecule has 1 fully saturated rings. The number of rotatable bonds is 4. The Hall–Kier alpha value is -1.88. The van der Waals surface area contributed by atoms with Crippen molar-refractivity contribution in [1.82, 2.24) is 15.2 Å². The van der Waals surface area contributed by atoms with Gasteiger partial charge in [0.2, 0.25) is 0 Å². The number of imidazole rings is 1. The number of nitrogens with zero attached hydrogens (tertiary/aromatic N) is 2. The molecule has 2 N–H and O–H groups in total. The quantitative estimate of drug-likeness (QED) is 0.845. The zero-order chi connectivity index (χ0) is 16.4. The molecule has 5 nitrogen and oxygen atoms in total. The van der Waals surface area contributed by atoms with Crippen LogP contribution in [0.2, 0.25) is 0 Å². The van der Waals surface area contributed by atoms with Gasteiger partial charge in [-0.25, -0.2) is 9.13 Å². The van der Waals surface area contributed by atoms with E-state index in [0.29, 0.717) is 6.04 Å². The molecule has 0 spiro atoms. The topological polar surface area (TPSA) is 49.9 Å². The summed E-state index contributed by atoms with van der Waals surface area (Å²) in [5, 5.41) is 6.50. The zero-order valence-electron chi connectivity index (χ0n) is 14.4. The van der Waals surface area contributed by atoms with Gasteiger partial charge in [0.15, 0.2) is 11.0 Å². The Morgan fingerprint density at radius 3 is 2.74 bits per heavy atom. The Balaban J connectivity index is 1.91. The number of piperidine rings is 1. The third-order valence-corrected chi connectivity index (χ3v) is 4.91. The van der Waals surface area contributed by atoms with Gasteiger partial charge in [-0.15, -0.1) is 0 Å². The molecule has 0 saturated carbocycles. The van der Waals surface area contributed by atoms with Crippen molar-refractivity contribution in [1.29, 1.82) is 0 Å². The molecule has 3 rings (SSSR count). The number of aryl methyl sites for hydroxylation is 2. The van der Waals surface area contributed by atoms with Crippen LogP contribution in [0.1, 0.15) is 42.9 Å². The van der Waals surface area contributed by atoms with Crippen LogP contribution in [-0.2, 0) is 13.1 Å². The fourth-order valence-electron chi connectivity index (χ4n) is 3.64. The van der Waals surface area contributed by atoms with Gasteiger partial charge in [-0.3, -0.25) is 4.79 Å². The van der Waals surface area contributed by atoms with Crippen molar-refractivity contribution in [3.63, 3.8) is 0 Å². The Morgan fingerprint density at radius 2 is 2.09 bits per heavy atom. The molecule has 2 aromatic rings. The van der Waals surface area contributed by atoms with Crippen LogP contribution in [0.25, 0.3) is 11.0 Å². The lowest BCUT2D eigenvalue weighted by atomic mass is 10.1. The van der Waals surface area contributed by atoms with Crippen molar-refractivity contribution in [3.05, 3.63) is 29.6 Å². The van der Waals surface area contributed by atoms with Gasteiger partial charge in [-0.1, -0.05) is 0 Å². The van der Waals surface area contributed by atoms with Gasteiger partial charge in [0.25, 0.3) is 11.7 Å². The van der Waals surface area contributed by atoms with Crippen molar-refractivity contribution in [3.8, 4) is 0 Å². The normalized spacial score (nSPS) is 16.0. The van der Waals surface area contributed by atoms with Gasteiger partial charge in [0, 0.05) is 24.6 Å². The summed E-state index contributed by atoms with van der Waals surface area (Å²) in [5.74, 6) is 1.28. The average molecular weight is 315 g/mol. The van der Waals surface area contributed by atoms with Crippen molar-refractivity contribution >= 4 is 16.9 Å². The summed E-state index contributed by atoms with van der Waals surface area (Å²) in [5.41, 5.74) is 3.10. The number of carbonyl (C=O) groups is 1. The molecule has 1 amide bonds. The molecule has 2 heterocycles. The van der Waals surface area contributed by atoms with E-state index in [9.17, 15) is 4.79 Å². The molecule has 0 atom stereocenters. The lowest BCUT2D eigenvalue weighted by molar-refractivity contribution is -0.674. The predicted octanol–water partition coefficient (Wildman–Crippen LogP) is 1.76. The number of hydrogen-bond acceptors (Lipinski definition) is 2. The molecule has 0 bridgehead atoms. The van der Waals surface area contributed by atoms with E-state index in [0.717, 1.165) is 50.1 Å². The number of benzene rings is 1. The summed E-state index contributed by atoms with van der Waals surface area (Å²) in [7, 11) is 0. The minimum Gasteiger partial charge on any atom is -0.349 e. The minimum atomic E-state index is 0.0448. The number of aromatic nitrogens is 2. The minimum absolute atomic E-state index is 0.0448. The highest BCUT2D eigenvalue weighted by Crippen LogP contribution is 2.17. The average Bonchev–Trinajstić information content (AvgIpc) is 2.85. The third-order valence-electron chi connectivity index (χ3n) is 4.91. The second kappa shape index (κ2) is 6.71. The van der Waals surface area contributed by atoms with Crippen molar-refractivity contribution in [2.45, 2.75) is 52.7 Å². The molecular formula is C18H27N4O+. The van der Waals surface area contributed by atoms with E-state index < -0.39 is 0 Å². The Bertz CT molecular complexity index is 713. The molecule has 1 aromatic heterocycles. The first-order chi connectivity index (χ1) is 11.2. The number of nitrogens with one attached hydrogen (secondary N) is 2. The fraction of sp³-hybridized carbons (Fsp3) is 0.556. The van der Waals surface area contributed by atoms with E-state index in [1.807, 2.05) is 12.1 Å². The zero-order valence-corrected chi connectivity index (χ0v) is 14.4. The molecule has 124 valence electrons. The second-order valence-corrected chi connectivity index (χ2v) is 6.24. The summed E-state index contributed by atoms with van der Waals surface area (Å²) in [4.78, 5) is 12.6. The van der Waals surface area contributed by atoms with E-state index >= 15 is 0 Å². The fourth-order valence-corrected chi connectivity index (χ4v) is 3.64. The molecule has 1 aliphatic rings. The van der Waals surface area contributed by atoms with Crippen LogP contribution in [0.5, 0.6) is 0 Å². The van der Waals surface area contributed by atoms with E-state index in [1.165, 1.54) is 11.3 Å². The highest BCUT2D eigenvalue weighted by Gasteiger charge is 2.22. The molecule has 5 heteroatoms. The summed E-state index contributed by atoms with van der Waals surface area (Å²) >= 11 is 0.